The van der Waals surface area contributed by atoms with Crippen molar-refractivity contribution in [3.8, 4) is 11.5 Å². The van der Waals surface area contributed by atoms with E-state index in [2.05, 4.69) is 0 Å². The molecular weight excluding hydrogens is 304 g/mol. The molecule has 0 aliphatic carbocycles. The van der Waals surface area contributed by atoms with Gasteiger partial charge in [-0.1, -0.05) is 23.7 Å². The molecule has 0 radical (unpaired) electrons. The predicted molar refractivity (Wildman–Crippen MR) is 84.8 cm³/mol. The van der Waals surface area contributed by atoms with E-state index in [4.69, 9.17) is 16.3 Å². The normalized spacial score (nSPS) is 11.9. The minimum atomic E-state index is -0.965. The van der Waals surface area contributed by atoms with Gasteiger partial charge in [-0.3, -0.25) is 4.79 Å². The Kier molecular flexibility index (Phi) is 5.28. The Hall–Kier alpha value is -2.20. The maximum Gasteiger partial charge on any atom is 0.311 e. The lowest BCUT2D eigenvalue weighted by Gasteiger charge is -2.15. The summed E-state index contributed by atoms with van der Waals surface area (Å²) in [6.07, 6.45) is 0.150. The molecule has 1 unspecified atom stereocenters. The van der Waals surface area contributed by atoms with Gasteiger partial charge in [0.25, 0.3) is 0 Å². The Labute approximate surface area is 133 Å². The molecule has 0 aliphatic heterocycles. The molecule has 4 nitrogen and oxygen atoms in total. The number of benzene rings is 2. The Morgan fingerprint density at radius 3 is 2.73 bits per heavy atom. The van der Waals surface area contributed by atoms with E-state index in [0.29, 0.717) is 28.5 Å². The van der Waals surface area contributed by atoms with Crippen LogP contribution in [0.4, 0.5) is 0 Å². The van der Waals surface area contributed by atoms with Crippen molar-refractivity contribution in [2.45, 2.75) is 19.3 Å². The molecule has 0 aliphatic rings. The summed E-state index contributed by atoms with van der Waals surface area (Å²) in [7, 11) is 0. The van der Waals surface area contributed by atoms with Crippen molar-refractivity contribution in [3.05, 3.63) is 58.6 Å². The fraction of sp³-hybridized carbons (Fsp3) is 0.235. The van der Waals surface area contributed by atoms with Crippen molar-refractivity contribution in [1.82, 2.24) is 0 Å². The molecule has 1 atom stereocenters. The van der Waals surface area contributed by atoms with E-state index < -0.39 is 11.9 Å². The molecule has 116 valence electrons. The Balaban J connectivity index is 2.32. The molecular formula is C17H17ClO4. The van der Waals surface area contributed by atoms with Crippen LogP contribution in [-0.2, 0) is 11.2 Å². The van der Waals surface area contributed by atoms with Gasteiger partial charge in [0.05, 0.1) is 12.5 Å². The van der Waals surface area contributed by atoms with E-state index in [9.17, 15) is 15.0 Å². The van der Waals surface area contributed by atoms with E-state index in [-0.39, 0.29) is 12.2 Å². The third-order valence-electron chi connectivity index (χ3n) is 3.34. The van der Waals surface area contributed by atoms with Gasteiger partial charge < -0.3 is 14.9 Å². The van der Waals surface area contributed by atoms with Crippen molar-refractivity contribution in [2.75, 3.05) is 6.61 Å². The number of phenols is 1. The first-order valence-electron chi connectivity index (χ1n) is 6.94. The minimum Gasteiger partial charge on any atom is -0.508 e. The summed E-state index contributed by atoms with van der Waals surface area (Å²) in [6, 6.07) is 11.6. The monoisotopic (exact) mass is 320 g/mol. The molecule has 2 N–H and O–H groups in total. The SMILES string of the molecule is CCOc1cccc(C(Cc2cc(Cl)ccc2O)C(=O)O)c1. The van der Waals surface area contributed by atoms with Crippen LogP contribution in [0, 0.1) is 0 Å². The zero-order chi connectivity index (χ0) is 16.1. The van der Waals surface area contributed by atoms with Crippen LogP contribution in [0.25, 0.3) is 0 Å². The number of halogens is 1. The molecule has 0 saturated heterocycles. The van der Waals surface area contributed by atoms with Gasteiger partial charge in [0.2, 0.25) is 0 Å². The van der Waals surface area contributed by atoms with Gasteiger partial charge in [-0.05, 0) is 54.8 Å². The first kappa shape index (κ1) is 16.2. The van der Waals surface area contributed by atoms with Crippen molar-refractivity contribution >= 4 is 17.6 Å². The van der Waals surface area contributed by atoms with E-state index >= 15 is 0 Å². The van der Waals surface area contributed by atoms with Crippen LogP contribution in [0.1, 0.15) is 24.0 Å². The van der Waals surface area contributed by atoms with Crippen LogP contribution in [0.5, 0.6) is 11.5 Å². The highest BCUT2D eigenvalue weighted by Crippen LogP contribution is 2.30. The highest BCUT2D eigenvalue weighted by molar-refractivity contribution is 6.30. The lowest BCUT2D eigenvalue weighted by Crippen LogP contribution is -2.14. The second kappa shape index (κ2) is 7.18. The van der Waals surface area contributed by atoms with Crippen LogP contribution in [-0.4, -0.2) is 22.8 Å². The molecule has 2 aromatic carbocycles. The molecule has 0 fully saturated rings. The Morgan fingerprint density at radius 1 is 1.27 bits per heavy atom. The molecule has 0 heterocycles. The smallest absolute Gasteiger partial charge is 0.311 e. The summed E-state index contributed by atoms with van der Waals surface area (Å²) in [5.74, 6) is -1.09. The summed E-state index contributed by atoms with van der Waals surface area (Å²) in [5, 5.41) is 19.8. The van der Waals surface area contributed by atoms with Gasteiger partial charge in [0.1, 0.15) is 11.5 Å². The average Bonchev–Trinajstić information content (AvgIpc) is 2.48. The summed E-state index contributed by atoms with van der Waals surface area (Å²) < 4.78 is 5.41. The standard InChI is InChI=1S/C17H17ClO4/c1-2-22-14-5-3-4-11(9-14)15(17(20)21)10-12-8-13(18)6-7-16(12)19/h3-9,15,19H,2,10H2,1H3,(H,20,21). The second-order valence-electron chi connectivity index (χ2n) is 4.87. The van der Waals surface area contributed by atoms with Crippen LogP contribution < -0.4 is 4.74 Å². The fourth-order valence-electron chi connectivity index (χ4n) is 2.27. The molecule has 5 heteroatoms. The first-order chi connectivity index (χ1) is 10.5. The number of phenolic OH excluding ortho intramolecular Hbond substituents is 1. The van der Waals surface area contributed by atoms with Gasteiger partial charge >= 0.3 is 5.97 Å². The number of carboxylic acid groups (broad SMARTS) is 1. The molecule has 22 heavy (non-hydrogen) atoms. The number of rotatable bonds is 6. The lowest BCUT2D eigenvalue weighted by atomic mass is 9.91. The third-order valence-corrected chi connectivity index (χ3v) is 3.57. The number of hydrogen-bond donors (Lipinski definition) is 2. The van der Waals surface area contributed by atoms with Gasteiger partial charge in [0, 0.05) is 5.02 Å². The molecule has 0 saturated carbocycles. The number of aromatic hydroxyl groups is 1. The third kappa shape index (κ3) is 3.92. The molecule has 2 rings (SSSR count). The molecule has 0 amide bonds. The molecule has 2 aromatic rings. The average molecular weight is 321 g/mol. The van der Waals surface area contributed by atoms with E-state index in [1.165, 1.54) is 6.07 Å². The Morgan fingerprint density at radius 2 is 2.05 bits per heavy atom. The van der Waals surface area contributed by atoms with Crippen LogP contribution in [0.15, 0.2) is 42.5 Å². The van der Waals surface area contributed by atoms with Gasteiger partial charge in [-0.2, -0.15) is 0 Å². The highest BCUT2D eigenvalue weighted by atomic mass is 35.5. The van der Waals surface area contributed by atoms with E-state index in [1.54, 1.807) is 36.4 Å². The maximum absolute atomic E-state index is 11.6. The fourth-order valence-corrected chi connectivity index (χ4v) is 2.47. The van der Waals surface area contributed by atoms with Gasteiger partial charge in [-0.25, -0.2) is 0 Å². The minimum absolute atomic E-state index is 0.0385. The second-order valence-corrected chi connectivity index (χ2v) is 5.31. The number of hydrogen-bond acceptors (Lipinski definition) is 3. The zero-order valence-corrected chi connectivity index (χ0v) is 12.9. The highest BCUT2D eigenvalue weighted by Gasteiger charge is 2.22. The van der Waals surface area contributed by atoms with Crippen molar-refractivity contribution < 1.29 is 19.7 Å². The van der Waals surface area contributed by atoms with E-state index in [0.717, 1.165) is 0 Å². The first-order valence-corrected chi connectivity index (χ1v) is 7.32. The van der Waals surface area contributed by atoms with Crippen molar-refractivity contribution in [3.63, 3.8) is 0 Å². The quantitative estimate of drug-likeness (QED) is 0.848. The Bertz CT molecular complexity index is 669. The number of ether oxygens (including phenoxy) is 1. The summed E-state index contributed by atoms with van der Waals surface area (Å²) >= 11 is 5.91. The van der Waals surface area contributed by atoms with E-state index in [1.807, 2.05) is 6.92 Å². The van der Waals surface area contributed by atoms with Crippen LogP contribution in [0.2, 0.25) is 5.02 Å². The molecule has 0 bridgehead atoms. The number of carbonyl (C=O) groups is 1. The zero-order valence-electron chi connectivity index (χ0n) is 12.1. The van der Waals surface area contributed by atoms with Crippen LogP contribution >= 0.6 is 11.6 Å². The largest absolute Gasteiger partial charge is 0.508 e. The lowest BCUT2D eigenvalue weighted by molar-refractivity contribution is -0.138. The topological polar surface area (TPSA) is 66.8 Å². The van der Waals surface area contributed by atoms with Crippen molar-refractivity contribution in [2.24, 2.45) is 0 Å². The van der Waals surface area contributed by atoms with Gasteiger partial charge in [0.15, 0.2) is 0 Å². The molecule has 0 aromatic heterocycles. The molecule has 0 spiro atoms. The summed E-state index contributed by atoms with van der Waals surface area (Å²) in [4.78, 5) is 11.6. The number of aliphatic carboxylic acids is 1. The van der Waals surface area contributed by atoms with Crippen molar-refractivity contribution in [1.29, 1.82) is 0 Å². The summed E-state index contributed by atoms with van der Waals surface area (Å²) in [6.45, 7) is 2.38. The number of carboxylic acids is 1. The van der Waals surface area contributed by atoms with Crippen LogP contribution in [0.3, 0.4) is 0 Å². The van der Waals surface area contributed by atoms with Gasteiger partial charge in [-0.15, -0.1) is 0 Å². The maximum atomic E-state index is 11.6. The predicted octanol–water partition coefficient (Wildman–Crippen LogP) is 3.86. The summed E-state index contributed by atoms with van der Waals surface area (Å²) in [5.41, 5.74) is 1.12.